The van der Waals surface area contributed by atoms with Crippen LogP contribution in [-0.2, 0) is 80.0 Å². The van der Waals surface area contributed by atoms with E-state index in [0.717, 1.165) is 4.90 Å². The van der Waals surface area contributed by atoms with Gasteiger partial charge in [-0.2, -0.15) is 11.8 Å². The lowest BCUT2D eigenvalue weighted by Crippen LogP contribution is -2.61. The zero-order valence-electron chi connectivity index (χ0n) is 53.5. The lowest BCUT2D eigenvalue weighted by molar-refractivity contribution is -0.148. The molecule has 0 aromatic heterocycles. The zero-order chi connectivity index (χ0) is 70.2. The van der Waals surface area contributed by atoms with E-state index in [1.807, 2.05) is 6.26 Å². The number of amides is 12. The van der Waals surface area contributed by atoms with Gasteiger partial charge in [-0.25, -0.2) is 0 Å². The fraction of sp³-hybridized carbons (Fsp3) is 0.565. The maximum atomic E-state index is 14.9. The summed E-state index contributed by atoms with van der Waals surface area (Å²) in [6.07, 6.45) is 2.01. The molecular weight excluding hydrogens is 1270 g/mol. The number of benzene rings is 2. The van der Waals surface area contributed by atoms with Gasteiger partial charge in [0, 0.05) is 45.6 Å². The number of rotatable bonds is 35. The van der Waals surface area contributed by atoms with Crippen molar-refractivity contribution in [1.82, 2.24) is 56.8 Å². The Balaban J connectivity index is 1.20. The summed E-state index contributed by atoms with van der Waals surface area (Å²) < 4.78 is 0. The minimum atomic E-state index is -1.95. The van der Waals surface area contributed by atoms with Crippen molar-refractivity contribution < 1.29 is 82.4 Å². The summed E-state index contributed by atoms with van der Waals surface area (Å²) in [6, 6.07) is 0.195. The number of carboxylic acid groups (broad SMARTS) is 2. The van der Waals surface area contributed by atoms with Crippen molar-refractivity contribution in [3.63, 3.8) is 0 Å². The van der Waals surface area contributed by atoms with E-state index in [0.29, 0.717) is 55.5 Å². The van der Waals surface area contributed by atoms with Gasteiger partial charge in [0.25, 0.3) is 0 Å². The van der Waals surface area contributed by atoms with Gasteiger partial charge in [-0.15, -0.1) is 0 Å². The lowest BCUT2D eigenvalue weighted by atomic mass is 10.0. The van der Waals surface area contributed by atoms with E-state index in [1.54, 1.807) is 42.1 Å². The summed E-state index contributed by atoms with van der Waals surface area (Å²) in [5.41, 5.74) is 23.2. The number of carbonyl (C=O) groups excluding carboxylic acids is 12. The van der Waals surface area contributed by atoms with Crippen molar-refractivity contribution in [1.29, 1.82) is 0 Å². The van der Waals surface area contributed by atoms with Crippen LogP contribution in [0.25, 0.3) is 0 Å². The Hall–Kier alpha value is -9.60. The first-order valence-electron chi connectivity index (χ1n) is 31.9. The standard InChI is InChI=1S/C62H88N16O17S/c1-96-28-10-14-38(52(64)86)69-48(80)34-68-56(90)44-15-6-25-76(44)59(93)42(30-36-19-21-37(79)22-20-36)73-54(88)40(29-35-11-3-2-4-12-35)71-53(87)39(13-5-23-67-62(65)66)70-55(89)41(31-50(82)83)72-57(91)45-16-7-26-77(45)60(94)43(32-51(84)85)74-58(92)46-17-8-27-78(46)61(95)47-18-9-24-75(47)49(81)33-63/h2-4,11-12,19-22,38-47,79H,5-10,13-18,23-34,63H2,1H3,(H2,64,86)(H,68,90)(H,69,80)(H,70,89)(H,71,87)(H,72,91)(H,73,88)(H,74,92)(H,82,83)(H,84,85)(H4,65,66,67). The topological polar surface area (TPSA) is 513 Å². The van der Waals surface area contributed by atoms with Gasteiger partial charge in [-0.1, -0.05) is 42.5 Å². The Morgan fingerprint density at radius 1 is 0.542 bits per heavy atom. The van der Waals surface area contributed by atoms with E-state index in [-0.39, 0.29) is 102 Å². The van der Waals surface area contributed by atoms with Crippen LogP contribution in [0.4, 0.5) is 0 Å². The molecule has 0 spiro atoms. The third kappa shape index (κ3) is 22.0. The Kier molecular flexibility index (Phi) is 29.0. The van der Waals surface area contributed by atoms with Crippen molar-refractivity contribution >= 4 is 101 Å². The summed E-state index contributed by atoms with van der Waals surface area (Å²) in [7, 11) is 0. The summed E-state index contributed by atoms with van der Waals surface area (Å²) in [5.74, 6) is -12.7. The highest BCUT2D eigenvalue weighted by molar-refractivity contribution is 7.98. The van der Waals surface area contributed by atoms with E-state index in [2.05, 4.69) is 42.2 Å². The number of aromatic hydroxyl groups is 1. The fourth-order valence-electron chi connectivity index (χ4n) is 12.2. The number of carboxylic acids is 2. The first kappa shape index (κ1) is 75.4. The quantitative estimate of drug-likeness (QED) is 0.0177. The van der Waals surface area contributed by atoms with Gasteiger partial charge in [0.05, 0.1) is 25.9 Å². The van der Waals surface area contributed by atoms with Gasteiger partial charge in [0.1, 0.15) is 66.2 Å². The van der Waals surface area contributed by atoms with Crippen molar-refractivity contribution in [2.24, 2.45) is 27.9 Å². The van der Waals surface area contributed by atoms with Crippen LogP contribution in [0.15, 0.2) is 59.6 Å². The highest BCUT2D eigenvalue weighted by Crippen LogP contribution is 2.27. The predicted octanol–water partition coefficient (Wildman–Crippen LogP) is -4.24. The number of hydrogen-bond donors (Lipinski definition) is 14. The van der Waals surface area contributed by atoms with Crippen LogP contribution in [0.1, 0.15) is 101 Å². The zero-order valence-corrected chi connectivity index (χ0v) is 54.3. The number of nitrogens with two attached hydrogens (primary N) is 4. The number of primary amides is 1. The molecule has 96 heavy (non-hydrogen) atoms. The van der Waals surface area contributed by atoms with Gasteiger partial charge in [-0.05, 0) is 112 Å². The van der Waals surface area contributed by atoms with Gasteiger partial charge in [0.15, 0.2) is 5.96 Å². The monoisotopic (exact) mass is 1360 g/mol. The lowest BCUT2D eigenvalue weighted by Gasteiger charge is -2.32. The Bertz CT molecular complexity index is 3180. The molecule has 10 atom stereocenters. The van der Waals surface area contributed by atoms with Gasteiger partial charge in [-0.3, -0.25) is 72.1 Å². The number of guanidine groups is 1. The normalized spacial score (nSPS) is 19.3. The Labute approximate surface area is 558 Å². The van der Waals surface area contributed by atoms with E-state index < -0.39 is 163 Å². The van der Waals surface area contributed by atoms with Crippen LogP contribution in [0.3, 0.4) is 0 Å². The Morgan fingerprint density at radius 2 is 1.02 bits per heavy atom. The SMILES string of the molecule is CSCCCC(NC(=O)CNC(=O)C1CCCN1C(=O)C(Cc1ccc(O)cc1)NC(=O)C(Cc1ccccc1)NC(=O)C(CCCN=C(N)N)NC(=O)C(CC(=O)O)NC(=O)C1CCCN1C(=O)C(CC(=O)O)NC(=O)C1CCCN1C(=O)C1CCCN1C(=O)CN)C(N)=O. The van der Waals surface area contributed by atoms with Crippen molar-refractivity contribution in [2.75, 3.05) is 57.8 Å². The molecule has 0 radical (unpaired) electrons. The van der Waals surface area contributed by atoms with Crippen LogP contribution in [0.5, 0.6) is 5.75 Å². The van der Waals surface area contributed by atoms with E-state index in [1.165, 1.54) is 39.0 Å². The number of nitrogens with one attached hydrogen (secondary N) is 7. The largest absolute Gasteiger partial charge is 0.508 e. The molecule has 0 aliphatic carbocycles. The highest BCUT2D eigenvalue weighted by atomic mass is 32.2. The molecular formula is C62H88N16O17S. The van der Waals surface area contributed by atoms with E-state index in [4.69, 9.17) is 22.9 Å². The van der Waals surface area contributed by atoms with Crippen molar-refractivity contribution in [3.05, 3.63) is 65.7 Å². The minimum Gasteiger partial charge on any atom is -0.508 e. The number of aliphatic carboxylic acids is 2. The number of phenolic OH excluding ortho intramolecular Hbond substituents is 1. The van der Waals surface area contributed by atoms with Crippen molar-refractivity contribution in [3.8, 4) is 5.75 Å². The maximum Gasteiger partial charge on any atom is 0.305 e. The van der Waals surface area contributed by atoms with Crippen LogP contribution in [-0.4, -0.2) is 242 Å². The molecule has 4 aliphatic rings. The smallest absolute Gasteiger partial charge is 0.305 e. The van der Waals surface area contributed by atoms with Gasteiger partial charge in [0.2, 0.25) is 70.9 Å². The summed E-state index contributed by atoms with van der Waals surface area (Å²) in [4.78, 5) is 200. The average molecular weight is 1360 g/mol. The molecule has 33 nitrogen and oxygen atoms in total. The molecule has 18 N–H and O–H groups in total. The summed E-state index contributed by atoms with van der Waals surface area (Å²) in [6.45, 7) is -0.636. The summed E-state index contributed by atoms with van der Waals surface area (Å²) in [5, 5.41) is 47.9. The first-order chi connectivity index (χ1) is 45.8. The molecule has 10 unspecified atom stereocenters. The molecule has 0 bridgehead atoms. The second-order valence-corrected chi connectivity index (χ2v) is 24.9. The molecule has 4 aliphatic heterocycles. The van der Waals surface area contributed by atoms with Gasteiger partial charge >= 0.3 is 11.9 Å². The molecule has 524 valence electrons. The predicted molar refractivity (Wildman–Crippen MR) is 346 cm³/mol. The first-order valence-corrected chi connectivity index (χ1v) is 33.3. The van der Waals surface area contributed by atoms with Crippen molar-refractivity contribution in [2.45, 2.75) is 163 Å². The molecule has 2 aromatic carbocycles. The van der Waals surface area contributed by atoms with Crippen LogP contribution < -0.4 is 60.2 Å². The minimum absolute atomic E-state index is 0.0102. The van der Waals surface area contributed by atoms with E-state index >= 15 is 0 Å². The number of hydrogen-bond acceptors (Lipinski definition) is 18. The third-order valence-corrected chi connectivity index (χ3v) is 17.7. The number of thioether (sulfide) groups is 1. The molecule has 4 saturated heterocycles. The van der Waals surface area contributed by atoms with Crippen LogP contribution >= 0.6 is 11.8 Å². The van der Waals surface area contributed by atoms with Crippen LogP contribution in [0, 0.1) is 0 Å². The number of carbonyl (C=O) groups is 14. The second-order valence-electron chi connectivity index (χ2n) is 23.9. The second kappa shape index (κ2) is 36.9. The Morgan fingerprint density at radius 3 is 1.60 bits per heavy atom. The van der Waals surface area contributed by atoms with E-state index in [9.17, 15) is 82.4 Å². The molecule has 2 aromatic rings. The molecule has 4 fully saturated rings. The number of aliphatic imine (C=N–C) groups is 1. The average Bonchev–Trinajstić information content (AvgIpc) is 1.59. The maximum absolute atomic E-state index is 14.9. The number of nitrogens with zero attached hydrogens (tertiary/aromatic N) is 5. The number of likely N-dealkylation sites (tertiary alicyclic amines) is 4. The molecule has 6 rings (SSSR count). The third-order valence-electron chi connectivity index (χ3n) is 17.0. The fourth-order valence-corrected chi connectivity index (χ4v) is 12.7. The van der Waals surface area contributed by atoms with Crippen LogP contribution in [0.2, 0.25) is 0 Å². The van der Waals surface area contributed by atoms with Gasteiger partial charge < -0.3 is 95.1 Å². The molecule has 4 heterocycles. The number of phenols is 1. The molecule has 34 heteroatoms. The summed E-state index contributed by atoms with van der Waals surface area (Å²) >= 11 is 1.55. The molecule has 12 amide bonds. The highest BCUT2D eigenvalue weighted by Gasteiger charge is 2.46. The molecule has 0 saturated carbocycles.